The summed E-state index contributed by atoms with van der Waals surface area (Å²) in [4.78, 5) is 16.2. The molecule has 1 atom stereocenters. The molecule has 1 unspecified atom stereocenters. The van der Waals surface area contributed by atoms with Crippen molar-refractivity contribution in [1.82, 2.24) is 4.98 Å². The topological polar surface area (TPSA) is 111 Å². The number of nitrogens with two attached hydrogens (primary N) is 2. The molecule has 0 radical (unpaired) electrons. The van der Waals surface area contributed by atoms with Crippen LogP contribution in [-0.2, 0) is 0 Å². The van der Waals surface area contributed by atoms with Crippen LogP contribution in [0.4, 0.5) is 17.3 Å². The summed E-state index contributed by atoms with van der Waals surface area (Å²) in [6, 6.07) is 3.03. The van der Waals surface area contributed by atoms with Crippen molar-refractivity contribution >= 4 is 17.3 Å². The largest absolute Gasteiger partial charge is 0.378 e. The molecule has 0 spiro atoms. The van der Waals surface area contributed by atoms with Gasteiger partial charge in [-0.2, -0.15) is 0 Å². The fourth-order valence-electron chi connectivity index (χ4n) is 2.02. The maximum absolute atomic E-state index is 10.6. The van der Waals surface area contributed by atoms with E-state index in [1.54, 1.807) is 6.07 Å². The van der Waals surface area contributed by atoms with Crippen molar-refractivity contribution in [2.75, 3.05) is 30.3 Å². The molecule has 92 valence electrons. The Bertz CT molecular complexity index is 437. The van der Waals surface area contributed by atoms with Crippen LogP contribution in [0.25, 0.3) is 0 Å². The van der Waals surface area contributed by atoms with Crippen molar-refractivity contribution < 1.29 is 4.92 Å². The first-order chi connectivity index (χ1) is 8.11. The fraction of sp³-hybridized carbons (Fsp3) is 0.500. The quantitative estimate of drug-likeness (QED) is 0.579. The van der Waals surface area contributed by atoms with Gasteiger partial charge in [-0.25, -0.2) is 4.98 Å². The summed E-state index contributed by atoms with van der Waals surface area (Å²) in [5, 5.41) is 10.6. The molecule has 0 amide bonds. The number of pyridine rings is 1. The number of nitro groups is 1. The van der Waals surface area contributed by atoms with Gasteiger partial charge in [-0.1, -0.05) is 0 Å². The first-order valence-electron chi connectivity index (χ1n) is 5.47. The molecule has 1 aliphatic rings. The average molecular weight is 237 g/mol. The highest BCUT2D eigenvalue weighted by molar-refractivity contribution is 5.58. The third-order valence-corrected chi connectivity index (χ3v) is 3.03. The van der Waals surface area contributed by atoms with Crippen LogP contribution >= 0.6 is 0 Å². The number of anilines is 2. The summed E-state index contributed by atoms with van der Waals surface area (Å²) >= 11 is 0. The van der Waals surface area contributed by atoms with Crippen molar-refractivity contribution in [3.05, 3.63) is 22.2 Å². The Morgan fingerprint density at radius 3 is 2.88 bits per heavy atom. The van der Waals surface area contributed by atoms with E-state index >= 15 is 0 Å². The number of nitrogen functional groups attached to an aromatic ring is 1. The molecule has 4 N–H and O–H groups in total. The molecule has 2 rings (SSSR count). The van der Waals surface area contributed by atoms with Crippen LogP contribution in [0.5, 0.6) is 0 Å². The zero-order valence-corrected chi connectivity index (χ0v) is 9.37. The first-order valence-corrected chi connectivity index (χ1v) is 5.47. The zero-order chi connectivity index (χ0) is 12.4. The molecule has 1 aliphatic heterocycles. The maximum Gasteiger partial charge on any atom is 0.311 e. The molecular weight excluding hydrogens is 222 g/mol. The van der Waals surface area contributed by atoms with Crippen LogP contribution in [0.1, 0.15) is 6.42 Å². The monoisotopic (exact) mass is 237 g/mol. The van der Waals surface area contributed by atoms with Gasteiger partial charge >= 0.3 is 5.69 Å². The minimum atomic E-state index is -0.529. The van der Waals surface area contributed by atoms with E-state index < -0.39 is 4.92 Å². The zero-order valence-electron chi connectivity index (χ0n) is 9.37. The summed E-state index contributed by atoms with van der Waals surface area (Å²) in [5.74, 6) is 1.11. The maximum atomic E-state index is 10.6. The third kappa shape index (κ3) is 2.28. The number of hydrogen-bond acceptors (Lipinski definition) is 6. The van der Waals surface area contributed by atoms with E-state index in [0.717, 1.165) is 19.5 Å². The summed E-state index contributed by atoms with van der Waals surface area (Å²) in [6.07, 6.45) is 1.02. The lowest BCUT2D eigenvalue weighted by atomic mass is 10.1. The van der Waals surface area contributed by atoms with Crippen molar-refractivity contribution in [1.29, 1.82) is 0 Å². The van der Waals surface area contributed by atoms with Crippen molar-refractivity contribution in [3.63, 3.8) is 0 Å². The molecule has 0 saturated carbocycles. The lowest BCUT2D eigenvalue weighted by Gasteiger charge is -2.17. The molecule has 7 nitrogen and oxygen atoms in total. The lowest BCUT2D eigenvalue weighted by molar-refractivity contribution is -0.384. The normalized spacial score (nSPS) is 19.6. The molecule has 1 aromatic rings. The highest BCUT2D eigenvalue weighted by atomic mass is 16.6. The lowest BCUT2D eigenvalue weighted by Crippen LogP contribution is -2.23. The van der Waals surface area contributed by atoms with Gasteiger partial charge in [0.15, 0.2) is 0 Å². The van der Waals surface area contributed by atoms with Crippen molar-refractivity contribution in [2.24, 2.45) is 11.7 Å². The Labute approximate surface area is 98.6 Å². The summed E-state index contributed by atoms with van der Waals surface area (Å²) in [7, 11) is 0. The number of rotatable bonds is 3. The fourth-order valence-corrected chi connectivity index (χ4v) is 2.02. The molecule has 0 aromatic carbocycles. The molecule has 0 bridgehead atoms. The Kier molecular flexibility index (Phi) is 3.10. The second-order valence-electron chi connectivity index (χ2n) is 4.17. The Balaban J connectivity index is 2.18. The number of hydrogen-bond donors (Lipinski definition) is 2. The summed E-state index contributed by atoms with van der Waals surface area (Å²) in [5.41, 5.74) is 11.0. The summed E-state index contributed by atoms with van der Waals surface area (Å²) in [6.45, 7) is 2.35. The van der Waals surface area contributed by atoms with Gasteiger partial charge in [-0.05, 0) is 24.9 Å². The SMILES string of the molecule is NCC1CCN(c2ccc([N+](=O)[O-])c(N)n2)C1. The number of nitrogens with zero attached hydrogens (tertiary/aromatic N) is 3. The van der Waals surface area contributed by atoms with Gasteiger partial charge in [-0.15, -0.1) is 0 Å². The van der Waals surface area contributed by atoms with Crippen LogP contribution in [0.15, 0.2) is 12.1 Å². The molecule has 1 fully saturated rings. The van der Waals surface area contributed by atoms with Gasteiger partial charge in [0.1, 0.15) is 5.82 Å². The number of aromatic nitrogens is 1. The average Bonchev–Trinajstić information content (AvgIpc) is 2.76. The molecule has 17 heavy (non-hydrogen) atoms. The Morgan fingerprint density at radius 1 is 1.59 bits per heavy atom. The van der Waals surface area contributed by atoms with Crippen molar-refractivity contribution in [2.45, 2.75) is 6.42 Å². The predicted molar refractivity (Wildman–Crippen MR) is 64.7 cm³/mol. The molecular formula is C10H15N5O2. The van der Waals surface area contributed by atoms with E-state index in [-0.39, 0.29) is 11.5 Å². The van der Waals surface area contributed by atoms with Crippen LogP contribution in [0, 0.1) is 16.0 Å². The van der Waals surface area contributed by atoms with Gasteiger partial charge in [0.05, 0.1) is 4.92 Å². The highest BCUT2D eigenvalue weighted by Gasteiger charge is 2.23. The minimum Gasteiger partial charge on any atom is -0.378 e. The van der Waals surface area contributed by atoms with Gasteiger partial charge in [0.25, 0.3) is 0 Å². The van der Waals surface area contributed by atoms with Crippen LogP contribution in [-0.4, -0.2) is 29.5 Å². The minimum absolute atomic E-state index is 0.0382. The van der Waals surface area contributed by atoms with E-state index in [1.807, 2.05) is 0 Å². The molecule has 1 saturated heterocycles. The van der Waals surface area contributed by atoms with Crippen LogP contribution < -0.4 is 16.4 Å². The van der Waals surface area contributed by atoms with Gasteiger partial charge in [-0.3, -0.25) is 10.1 Å². The molecule has 7 heteroatoms. The highest BCUT2D eigenvalue weighted by Crippen LogP contribution is 2.26. The standard InChI is InChI=1S/C10H15N5O2/c11-5-7-3-4-14(6-7)9-2-1-8(15(16)17)10(12)13-9/h1-2,7H,3-6,11H2,(H2,12,13). The van der Waals surface area contributed by atoms with Crippen molar-refractivity contribution in [3.8, 4) is 0 Å². The molecule has 0 aliphatic carbocycles. The smallest absolute Gasteiger partial charge is 0.311 e. The van der Waals surface area contributed by atoms with Gasteiger partial charge in [0, 0.05) is 19.2 Å². The first kappa shape index (κ1) is 11.6. The van der Waals surface area contributed by atoms with E-state index in [9.17, 15) is 10.1 Å². The van der Waals surface area contributed by atoms with Gasteiger partial charge in [0.2, 0.25) is 5.82 Å². The Hall–Kier alpha value is -1.89. The van der Waals surface area contributed by atoms with Crippen LogP contribution in [0.2, 0.25) is 0 Å². The van der Waals surface area contributed by atoms with E-state index in [0.29, 0.717) is 18.3 Å². The van der Waals surface area contributed by atoms with Crippen LogP contribution in [0.3, 0.4) is 0 Å². The predicted octanol–water partition coefficient (Wildman–Crippen LogP) is 0.357. The van der Waals surface area contributed by atoms with Gasteiger partial charge < -0.3 is 16.4 Å². The summed E-state index contributed by atoms with van der Waals surface area (Å²) < 4.78 is 0. The molecule has 1 aromatic heterocycles. The third-order valence-electron chi connectivity index (χ3n) is 3.03. The Morgan fingerprint density at radius 2 is 2.35 bits per heavy atom. The van der Waals surface area contributed by atoms with E-state index in [1.165, 1.54) is 6.07 Å². The second kappa shape index (κ2) is 4.54. The van der Waals surface area contributed by atoms with E-state index in [4.69, 9.17) is 11.5 Å². The van der Waals surface area contributed by atoms with E-state index in [2.05, 4.69) is 9.88 Å². The second-order valence-corrected chi connectivity index (χ2v) is 4.17. The molecule has 2 heterocycles.